The van der Waals surface area contributed by atoms with Crippen molar-refractivity contribution >= 4 is 5.97 Å². The Bertz CT molecular complexity index is 144. The van der Waals surface area contributed by atoms with Crippen LogP contribution in [-0.2, 0) is 9.53 Å². The molecule has 0 amide bonds. The summed E-state index contributed by atoms with van der Waals surface area (Å²) >= 11 is 0. The zero-order valence-corrected chi connectivity index (χ0v) is 6.75. The standard InChI is InChI=1S/C8H14O3/c1-2-6(9)7-4-3-5-8(10)11-7/h6-7,9H,2-5H2,1H3. The predicted molar refractivity (Wildman–Crippen MR) is 40.0 cm³/mol. The van der Waals surface area contributed by atoms with Crippen LogP contribution in [0, 0.1) is 0 Å². The van der Waals surface area contributed by atoms with E-state index in [4.69, 9.17) is 4.74 Å². The first-order valence-electron chi connectivity index (χ1n) is 4.11. The molecular weight excluding hydrogens is 144 g/mol. The van der Waals surface area contributed by atoms with Crippen LogP contribution < -0.4 is 0 Å². The maximum atomic E-state index is 10.8. The normalized spacial score (nSPS) is 27.8. The van der Waals surface area contributed by atoms with Crippen molar-refractivity contribution in [2.75, 3.05) is 0 Å². The van der Waals surface area contributed by atoms with Gasteiger partial charge in [-0.15, -0.1) is 0 Å². The number of hydrogen-bond acceptors (Lipinski definition) is 3. The molecule has 0 aromatic rings. The van der Waals surface area contributed by atoms with Gasteiger partial charge in [0, 0.05) is 6.42 Å². The molecule has 2 unspecified atom stereocenters. The fraction of sp³-hybridized carbons (Fsp3) is 0.875. The van der Waals surface area contributed by atoms with Gasteiger partial charge in [-0.05, 0) is 19.3 Å². The number of aliphatic hydroxyl groups is 1. The minimum absolute atomic E-state index is 0.172. The summed E-state index contributed by atoms with van der Waals surface area (Å²) in [6.07, 6.45) is 2.09. The molecule has 2 atom stereocenters. The Morgan fingerprint density at radius 2 is 2.55 bits per heavy atom. The molecule has 0 radical (unpaired) electrons. The van der Waals surface area contributed by atoms with Crippen molar-refractivity contribution in [1.82, 2.24) is 0 Å². The summed E-state index contributed by atoms with van der Waals surface area (Å²) in [5.41, 5.74) is 0. The average molecular weight is 158 g/mol. The fourth-order valence-electron chi connectivity index (χ4n) is 1.27. The Morgan fingerprint density at radius 3 is 3.09 bits per heavy atom. The highest BCUT2D eigenvalue weighted by atomic mass is 16.6. The first-order chi connectivity index (χ1) is 5.24. The third-order valence-electron chi connectivity index (χ3n) is 2.00. The topological polar surface area (TPSA) is 46.5 Å². The third-order valence-corrected chi connectivity index (χ3v) is 2.00. The molecule has 1 saturated heterocycles. The van der Waals surface area contributed by atoms with Crippen LogP contribution in [0.1, 0.15) is 32.6 Å². The Kier molecular flexibility index (Phi) is 2.88. The van der Waals surface area contributed by atoms with E-state index in [1.807, 2.05) is 6.92 Å². The van der Waals surface area contributed by atoms with Crippen LogP contribution in [0.5, 0.6) is 0 Å². The molecule has 3 heteroatoms. The van der Waals surface area contributed by atoms with E-state index in [2.05, 4.69) is 0 Å². The highest BCUT2D eigenvalue weighted by molar-refractivity contribution is 5.70. The van der Waals surface area contributed by atoms with Crippen molar-refractivity contribution < 1.29 is 14.6 Å². The number of carbonyl (C=O) groups is 1. The monoisotopic (exact) mass is 158 g/mol. The molecule has 3 nitrogen and oxygen atoms in total. The van der Waals surface area contributed by atoms with Gasteiger partial charge in [0.2, 0.25) is 0 Å². The molecule has 1 fully saturated rings. The van der Waals surface area contributed by atoms with Gasteiger partial charge in [0.05, 0.1) is 6.10 Å². The maximum absolute atomic E-state index is 10.8. The molecule has 1 aliphatic rings. The van der Waals surface area contributed by atoms with E-state index in [1.54, 1.807) is 0 Å². The van der Waals surface area contributed by atoms with Gasteiger partial charge in [-0.2, -0.15) is 0 Å². The first-order valence-corrected chi connectivity index (χ1v) is 4.11. The van der Waals surface area contributed by atoms with E-state index < -0.39 is 6.10 Å². The molecule has 1 rings (SSSR count). The number of esters is 1. The van der Waals surface area contributed by atoms with Crippen molar-refractivity contribution in [3.8, 4) is 0 Å². The molecule has 0 aliphatic carbocycles. The van der Waals surface area contributed by atoms with E-state index >= 15 is 0 Å². The second-order valence-electron chi connectivity index (χ2n) is 2.90. The largest absolute Gasteiger partial charge is 0.460 e. The van der Waals surface area contributed by atoms with Crippen LogP contribution in [-0.4, -0.2) is 23.3 Å². The Balaban J connectivity index is 2.39. The van der Waals surface area contributed by atoms with Crippen LogP contribution >= 0.6 is 0 Å². The lowest BCUT2D eigenvalue weighted by molar-refractivity contribution is -0.160. The van der Waals surface area contributed by atoms with Gasteiger partial charge in [-0.3, -0.25) is 4.79 Å². The molecule has 0 spiro atoms. The van der Waals surface area contributed by atoms with Crippen molar-refractivity contribution in [2.24, 2.45) is 0 Å². The summed E-state index contributed by atoms with van der Waals surface area (Å²) in [6, 6.07) is 0. The third kappa shape index (κ3) is 2.19. The summed E-state index contributed by atoms with van der Waals surface area (Å²) in [5.74, 6) is -0.172. The quantitative estimate of drug-likeness (QED) is 0.606. The van der Waals surface area contributed by atoms with Crippen molar-refractivity contribution in [3.63, 3.8) is 0 Å². The van der Waals surface area contributed by atoms with Crippen molar-refractivity contribution in [1.29, 1.82) is 0 Å². The molecule has 0 aromatic heterocycles. The highest BCUT2D eigenvalue weighted by Crippen LogP contribution is 2.18. The summed E-state index contributed by atoms with van der Waals surface area (Å²) in [7, 11) is 0. The molecule has 0 aromatic carbocycles. The number of carbonyl (C=O) groups excluding carboxylic acids is 1. The number of cyclic esters (lactones) is 1. The summed E-state index contributed by atoms with van der Waals surface area (Å²) in [4.78, 5) is 10.8. The van der Waals surface area contributed by atoms with Crippen LogP contribution in [0.3, 0.4) is 0 Å². The van der Waals surface area contributed by atoms with E-state index in [-0.39, 0.29) is 12.1 Å². The minimum Gasteiger partial charge on any atom is -0.460 e. The maximum Gasteiger partial charge on any atom is 0.306 e. The highest BCUT2D eigenvalue weighted by Gasteiger charge is 2.25. The lowest BCUT2D eigenvalue weighted by atomic mass is 10.0. The fourth-order valence-corrected chi connectivity index (χ4v) is 1.27. The zero-order chi connectivity index (χ0) is 8.27. The first kappa shape index (κ1) is 8.53. The van der Waals surface area contributed by atoms with Crippen LogP contribution in [0.15, 0.2) is 0 Å². The lowest BCUT2D eigenvalue weighted by Gasteiger charge is -2.25. The van der Waals surface area contributed by atoms with E-state index in [9.17, 15) is 9.90 Å². The Hall–Kier alpha value is -0.570. The molecule has 0 bridgehead atoms. The van der Waals surface area contributed by atoms with Crippen LogP contribution in [0.4, 0.5) is 0 Å². The average Bonchev–Trinajstić information content (AvgIpc) is 2.03. The predicted octanol–water partition coefficient (Wildman–Crippen LogP) is 0.853. The van der Waals surface area contributed by atoms with E-state index in [1.165, 1.54) is 0 Å². The molecule has 0 saturated carbocycles. The van der Waals surface area contributed by atoms with E-state index in [0.717, 1.165) is 12.8 Å². The van der Waals surface area contributed by atoms with Gasteiger partial charge in [0.15, 0.2) is 0 Å². The Labute approximate surface area is 66.4 Å². The van der Waals surface area contributed by atoms with Gasteiger partial charge in [0.1, 0.15) is 6.10 Å². The van der Waals surface area contributed by atoms with Gasteiger partial charge in [-0.25, -0.2) is 0 Å². The number of ether oxygens (including phenoxy) is 1. The molecular formula is C8H14O3. The smallest absolute Gasteiger partial charge is 0.306 e. The number of rotatable bonds is 2. The molecule has 64 valence electrons. The summed E-state index contributed by atoms with van der Waals surface area (Å²) in [5, 5.41) is 9.32. The van der Waals surface area contributed by atoms with Crippen LogP contribution in [0.25, 0.3) is 0 Å². The van der Waals surface area contributed by atoms with Gasteiger partial charge < -0.3 is 9.84 Å². The Morgan fingerprint density at radius 1 is 1.82 bits per heavy atom. The SMILES string of the molecule is CCC(O)C1CCCC(=O)O1. The minimum atomic E-state index is -0.473. The second kappa shape index (κ2) is 3.72. The molecule has 1 aliphatic heterocycles. The molecule has 1 heterocycles. The number of aliphatic hydroxyl groups excluding tert-OH is 1. The summed E-state index contributed by atoms with van der Waals surface area (Å²) in [6.45, 7) is 1.88. The zero-order valence-electron chi connectivity index (χ0n) is 6.75. The van der Waals surface area contributed by atoms with E-state index in [0.29, 0.717) is 12.8 Å². The van der Waals surface area contributed by atoms with Crippen molar-refractivity contribution in [3.05, 3.63) is 0 Å². The van der Waals surface area contributed by atoms with Crippen molar-refractivity contribution in [2.45, 2.75) is 44.8 Å². The number of hydrogen-bond donors (Lipinski definition) is 1. The summed E-state index contributed by atoms with van der Waals surface area (Å²) < 4.78 is 4.95. The second-order valence-corrected chi connectivity index (χ2v) is 2.90. The van der Waals surface area contributed by atoms with Gasteiger partial charge in [-0.1, -0.05) is 6.92 Å². The lowest BCUT2D eigenvalue weighted by Crippen LogP contribution is -2.33. The molecule has 11 heavy (non-hydrogen) atoms. The van der Waals surface area contributed by atoms with Gasteiger partial charge in [0.25, 0.3) is 0 Å². The molecule has 1 N–H and O–H groups in total. The van der Waals surface area contributed by atoms with Gasteiger partial charge >= 0.3 is 5.97 Å². The van der Waals surface area contributed by atoms with Crippen LogP contribution in [0.2, 0.25) is 0 Å².